The second kappa shape index (κ2) is 9.18. The number of fused-ring (bicyclic) bond motifs is 1. The molecule has 1 aliphatic heterocycles. The quantitative estimate of drug-likeness (QED) is 0.353. The first-order valence-corrected chi connectivity index (χ1v) is 10.8. The Morgan fingerprint density at radius 3 is 2.59 bits per heavy atom. The lowest BCUT2D eigenvalue weighted by molar-refractivity contribution is -0.129. The zero-order valence-electron chi connectivity index (χ0n) is 17.6. The van der Waals surface area contributed by atoms with Crippen LogP contribution in [0, 0.1) is 0 Å². The number of aliphatic hydroxyl groups is 1. The molecule has 7 nitrogen and oxygen atoms in total. The minimum absolute atomic E-state index is 0.00398. The largest absolute Gasteiger partial charge is 0.503 e. The van der Waals surface area contributed by atoms with Crippen LogP contribution in [0.25, 0.3) is 11.0 Å². The normalized spacial score (nSPS) is 16.3. The maximum Gasteiger partial charge on any atom is 0.290 e. The van der Waals surface area contributed by atoms with E-state index in [2.05, 4.69) is 15.9 Å². The predicted molar refractivity (Wildman–Crippen MR) is 122 cm³/mol. The molecule has 1 aromatic heterocycles. The summed E-state index contributed by atoms with van der Waals surface area (Å²) >= 11 is 3.40. The molecule has 0 saturated heterocycles. The average Bonchev–Trinajstić information content (AvgIpc) is 3.33. The summed E-state index contributed by atoms with van der Waals surface area (Å²) in [5.41, 5.74) is 1.22. The van der Waals surface area contributed by atoms with E-state index in [0.717, 1.165) is 9.86 Å². The highest BCUT2D eigenvalue weighted by atomic mass is 79.9. The van der Waals surface area contributed by atoms with Crippen molar-refractivity contribution in [2.75, 3.05) is 27.4 Å². The van der Waals surface area contributed by atoms with Crippen LogP contribution in [0.3, 0.4) is 0 Å². The summed E-state index contributed by atoms with van der Waals surface area (Å²) in [4.78, 5) is 27.9. The zero-order valence-corrected chi connectivity index (χ0v) is 19.2. The van der Waals surface area contributed by atoms with Gasteiger partial charge in [-0.1, -0.05) is 28.1 Å². The number of carbonyl (C=O) groups is 2. The van der Waals surface area contributed by atoms with E-state index in [4.69, 9.17) is 13.9 Å². The van der Waals surface area contributed by atoms with Crippen LogP contribution >= 0.6 is 15.9 Å². The lowest BCUT2D eigenvalue weighted by atomic mass is 9.95. The van der Waals surface area contributed by atoms with E-state index in [1.807, 2.05) is 12.1 Å². The molecular formula is C24H22BrNO6. The molecule has 32 heavy (non-hydrogen) atoms. The molecule has 0 spiro atoms. The van der Waals surface area contributed by atoms with Crippen LogP contribution in [0.4, 0.5) is 0 Å². The Balaban J connectivity index is 1.76. The summed E-state index contributed by atoms with van der Waals surface area (Å²) in [5.74, 6) is -0.977. The van der Waals surface area contributed by atoms with Gasteiger partial charge in [-0.05, 0) is 48.4 Å². The molecule has 0 fully saturated rings. The van der Waals surface area contributed by atoms with Crippen molar-refractivity contribution in [2.24, 2.45) is 0 Å². The summed E-state index contributed by atoms with van der Waals surface area (Å²) in [6, 6.07) is 13.3. The van der Waals surface area contributed by atoms with E-state index in [0.29, 0.717) is 36.5 Å². The first kappa shape index (κ1) is 22.1. The van der Waals surface area contributed by atoms with E-state index >= 15 is 0 Å². The number of hydrogen-bond acceptors (Lipinski definition) is 6. The Labute approximate surface area is 193 Å². The van der Waals surface area contributed by atoms with Crippen molar-refractivity contribution in [3.63, 3.8) is 0 Å². The number of aliphatic hydroxyl groups excluding tert-OH is 1. The second-order valence-electron chi connectivity index (χ2n) is 7.40. The van der Waals surface area contributed by atoms with E-state index in [9.17, 15) is 14.7 Å². The minimum Gasteiger partial charge on any atom is -0.503 e. The second-order valence-corrected chi connectivity index (χ2v) is 8.32. The topological polar surface area (TPSA) is 89.2 Å². The van der Waals surface area contributed by atoms with E-state index in [1.165, 1.54) is 4.90 Å². The number of halogens is 1. The smallest absolute Gasteiger partial charge is 0.290 e. The summed E-state index contributed by atoms with van der Waals surface area (Å²) in [5, 5.41) is 11.5. The fraction of sp³-hybridized carbons (Fsp3) is 0.250. The molecule has 1 unspecified atom stereocenters. The lowest BCUT2D eigenvalue weighted by Gasteiger charge is -2.26. The minimum atomic E-state index is -0.752. The van der Waals surface area contributed by atoms with Crippen molar-refractivity contribution >= 4 is 38.6 Å². The summed E-state index contributed by atoms with van der Waals surface area (Å²) in [7, 11) is 3.14. The number of hydrogen-bond donors (Lipinski definition) is 1. The van der Waals surface area contributed by atoms with Gasteiger partial charge in [0.05, 0.1) is 18.7 Å². The summed E-state index contributed by atoms with van der Waals surface area (Å²) in [6.07, 6.45) is 0.558. The van der Waals surface area contributed by atoms with Crippen LogP contribution in [0.5, 0.6) is 5.75 Å². The van der Waals surface area contributed by atoms with Crippen molar-refractivity contribution < 1.29 is 28.6 Å². The van der Waals surface area contributed by atoms with E-state index < -0.39 is 23.5 Å². The van der Waals surface area contributed by atoms with Gasteiger partial charge in [-0.3, -0.25) is 9.59 Å². The molecule has 1 atom stereocenters. The number of benzene rings is 2. The molecule has 0 bridgehead atoms. The number of carbonyl (C=O) groups excluding carboxylic acids is 2. The molecule has 2 aromatic carbocycles. The molecule has 166 valence electrons. The van der Waals surface area contributed by atoms with Crippen molar-refractivity contribution in [3.05, 3.63) is 75.7 Å². The van der Waals surface area contributed by atoms with Crippen molar-refractivity contribution in [1.82, 2.24) is 4.90 Å². The van der Waals surface area contributed by atoms with Crippen molar-refractivity contribution in [1.29, 1.82) is 0 Å². The molecule has 0 saturated carbocycles. The molecule has 2 heterocycles. The van der Waals surface area contributed by atoms with Crippen molar-refractivity contribution in [3.8, 4) is 5.75 Å². The third-order valence-electron chi connectivity index (χ3n) is 5.43. The van der Waals surface area contributed by atoms with Crippen LogP contribution in [0.2, 0.25) is 0 Å². The van der Waals surface area contributed by atoms with Gasteiger partial charge in [-0.2, -0.15) is 0 Å². The maximum atomic E-state index is 13.5. The van der Waals surface area contributed by atoms with Gasteiger partial charge in [-0.15, -0.1) is 0 Å². The molecule has 1 aliphatic rings. The fourth-order valence-corrected chi connectivity index (χ4v) is 4.27. The van der Waals surface area contributed by atoms with Crippen LogP contribution in [-0.4, -0.2) is 49.1 Å². The van der Waals surface area contributed by atoms with E-state index in [-0.39, 0.29) is 11.3 Å². The van der Waals surface area contributed by atoms with Gasteiger partial charge in [0.2, 0.25) is 5.78 Å². The van der Waals surface area contributed by atoms with Gasteiger partial charge >= 0.3 is 0 Å². The van der Waals surface area contributed by atoms with Gasteiger partial charge in [-0.25, -0.2) is 0 Å². The number of nitrogens with zero attached hydrogens (tertiary/aromatic N) is 1. The number of methoxy groups -OCH3 is 2. The van der Waals surface area contributed by atoms with Gasteiger partial charge in [0, 0.05) is 30.1 Å². The Hall–Kier alpha value is -3.10. The van der Waals surface area contributed by atoms with Crippen LogP contribution in [-0.2, 0) is 9.53 Å². The number of rotatable bonds is 8. The number of ether oxygens (including phenoxy) is 2. The molecule has 1 amide bonds. The Morgan fingerprint density at radius 1 is 1.16 bits per heavy atom. The number of amides is 1. The number of Topliss-reactive ketones (excluding diaryl/α,β-unsaturated/α-hetero) is 1. The number of ketones is 1. The molecule has 0 aliphatic carbocycles. The molecule has 1 N–H and O–H groups in total. The van der Waals surface area contributed by atoms with Gasteiger partial charge in [0.15, 0.2) is 11.5 Å². The first-order valence-electron chi connectivity index (χ1n) is 10.1. The van der Waals surface area contributed by atoms with Crippen LogP contribution in [0.1, 0.15) is 28.6 Å². The molecular weight excluding hydrogens is 478 g/mol. The Morgan fingerprint density at radius 2 is 1.91 bits per heavy atom. The average molecular weight is 500 g/mol. The maximum absolute atomic E-state index is 13.5. The Kier molecular flexibility index (Phi) is 6.34. The van der Waals surface area contributed by atoms with Gasteiger partial charge in [0.1, 0.15) is 11.3 Å². The van der Waals surface area contributed by atoms with Crippen LogP contribution < -0.4 is 4.74 Å². The first-order chi connectivity index (χ1) is 15.4. The molecule has 8 heteroatoms. The molecule has 4 rings (SSSR count). The third kappa shape index (κ3) is 4.03. The molecule has 3 aromatic rings. The number of furan rings is 1. The Bertz CT molecular complexity index is 1200. The highest BCUT2D eigenvalue weighted by molar-refractivity contribution is 9.10. The van der Waals surface area contributed by atoms with Crippen molar-refractivity contribution in [2.45, 2.75) is 12.5 Å². The molecule has 0 radical (unpaired) electrons. The zero-order chi connectivity index (χ0) is 22.8. The summed E-state index contributed by atoms with van der Waals surface area (Å²) < 4.78 is 16.9. The third-order valence-corrected chi connectivity index (χ3v) is 5.92. The predicted octanol–water partition coefficient (Wildman–Crippen LogP) is 4.82. The van der Waals surface area contributed by atoms with Gasteiger partial charge < -0.3 is 23.9 Å². The highest BCUT2D eigenvalue weighted by Gasteiger charge is 2.44. The van der Waals surface area contributed by atoms with E-state index in [1.54, 1.807) is 50.6 Å². The van der Waals surface area contributed by atoms with Gasteiger partial charge in [0.25, 0.3) is 5.91 Å². The highest BCUT2D eigenvalue weighted by Crippen LogP contribution is 2.40. The fourth-order valence-electron chi connectivity index (χ4n) is 3.89. The monoisotopic (exact) mass is 499 g/mol. The summed E-state index contributed by atoms with van der Waals surface area (Å²) in [6.45, 7) is 0.763. The SMILES string of the molecule is COCCCN1C(=O)C(O)=C(C(=O)c2cc3cc(Br)ccc3o2)C1c1ccc(OC)cc1. The van der Waals surface area contributed by atoms with Crippen LogP contribution in [0.15, 0.2) is 68.8 Å². The lowest BCUT2D eigenvalue weighted by Crippen LogP contribution is -2.32. The standard InChI is InChI=1S/C24H22BrNO6/c1-30-11-3-10-26-21(14-4-7-17(31-2)8-5-14)20(23(28)24(26)29)22(27)19-13-15-12-16(25)6-9-18(15)32-19/h4-9,12-13,21,28H,3,10-11H2,1-2H3.